The Kier molecular flexibility index (Phi) is 8.00. The molecule has 1 atom stereocenters. The number of Topliss-reactive ketones (excluding diaryl/α,β-unsaturated/α-hetero) is 1. The maximum absolute atomic E-state index is 12.5. The zero-order chi connectivity index (χ0) is 15.6. The Balaban J connectivity index is 0.00000144. The van der Waals surface area contributed by atoms with Gasteiger partial charge in [0.05, 0.1) is 12.0 Å². The highest BCUT2D eigenvalue weighted by Crippen LogP contribution is 2.35. The fourth-order valence-electron chi connectivity index (χ4n) is 3.31. The van der Waals surface area contributed by atoms with Crippen molar-refractivity contribution in [1.29, 1.82) is 0 Å². The molecule has 1 saturated heterocycles. The largest absolute Gasteiger partial charge is 0.486 e. The molecule has 0 bridgehead atoms. The molecule has 0 spiro atoms. The number of fused-ring (bicyclic) bond motifs is 1. The minimum absolute atomic E-state index is 0. The molecule has 2 heterocycles. The predicted octanol–water partition coefficient (Wildman–Crippen LogP) is 3.11. The Labute approximate surface area is 157 Å². The molecule has 24 heavy (non-hydrogen) atoms. The Morgan fingerprint density at radius 2 is 1.96 bits per heavy atom. The van der Waals surface area contributed by atoms with E-state index in [1.54, 1.807) is 0 Å². The summed E-state index contributed by atoms with van der Waals surface area (Å²) in [5, 5.41) is 3.37. The van der Waals surface area contributed by atoms with Crippen LogP contribution in [0.15, 0.2) is 18.2 Å². The molecule has 1 aromatic rings. The normalized spacial score (nSPS) is 23.5. The van der Waals surface area contributed by atoms with Gasteiger partial charge in [-0.15, -0.1) is 24.8 Å². The van der Waals surface area contributed by atoms with Gasteiger partial charge in [0.2, 0.25) is 0 Å². The molecule has 3 rings (SSSR count). The molecule has 136 valence electrons. The van der Waals surface area contributed by atoms with Gasteiger partial charge in [-0.25, -0.2) is 0 Å². The highest BCUT2D eigenvalue weighted by molar-refractivity contribution is 6.00. The van der Waals surface area contributed by atoms with Crippen LogP contribution in [0, 0.1) is 0 Å². The number of benzene rings is 1. The molecule has 0 amide bonds. The third kappa shape index (κ3) is 4.85. The molecule has 1 unspecified atom stereocenters. The zero-order valence-electron chi connectivity index (χ0n) is 14.5. The number of ketones is 1. The molecule has 6 heteroatoms. The van der Waals surface area contributed by atoms with Gasteiger partial charge in [0.1, 0.15) is 11.4 Å². The van der Waals surface area contributed by atoms with Crippen molar-refractivity contribution in [1.82, 2.24) is 10.2 Å². The van der Waals surface area contributed by atoms with Gasteiger partial charge in [-0.05, 0) is 37.5 Å². The average Bonchev–Trinajstić information content (AvgIpc) is 2.54. The molecule has 1 aromatic carbocycles. The van der Waals surface area contributed by atoms with E-state index in [0.717, 1.165) is 56.9 Å². The maximum Gasteiger partial charge on any atom is 0.170 e. The molecule has 1 N–H and O–H groups in total. The van der Waals surface area contributed by atoms with Gasteiger partial charge in [0, 0.05) is 32.7 Å². The van der Waals surface area contributed by atoms with Gasteiger partial charge in [-0.2, -0.15) is 0 Å². The van der Waals surface area contributed by atoms with Gasteiger partial charge in [-0.3, -0.25) is 4.79 Å². The van der Waals surface area contributed by atoms with Crippen LogP contribution in [0.4, 0.5) is 0 Å². The van der Waals surface area contributed by atoms with Crippen LogP contribution in [0.5, 0.6) is 5.75 Å². The number of halogens is 2. The van der Waals surface area contributed by atoms with Crippen LogP contribution in [0.3, 0.4) is 0 Å². The Morgan fingerprint density at radius 3 is 2.62 bits per heavy atom. The second-order valence-electron chi connectivity index (χ2n) is 6.68. The number of carbonyl (C=O) groups is 1. The Bertz CT molecular complexity index is 562. The number of ether oxygens (including phenoxy) is 1. The number of piperazine rings is 1. The second kappa shape index (κ2) is 9.04. The summed E-state index contributed by atoms with van der Waals surface area (Å²) in [4.78, 5) is 15.0. The van der Waals surface area contributed by atoms with E-state index >= 15 is 0 Å². The van der Waals surface area contributed by atoms with E-state index in [-0.39, 0.29) is 36.2 Å². The summed E-state index contributed by atoms with van der Waals surface area (Å²) in [5.41, 5.74) is 1.59. The summed E-state index contributed by atoms with van der Waals surface area (Å²) < 4.78 is 6.22. The van der Waals surface area contributed by atoms with Crippen LogP contribution in [0.1, 0.15) is 42.6 Å². The minimum Gasteiger partial charge on any atom is -0.486 e. The van der Waals surface area contributed by atoms with E-state index in [1.165, 1.54) is 5.56 Å². The first kappa shape index (κ1) is 21.2. The summed E-state index contributed by atoms with van der Waals surface area (Å²) in [6.45, 7) is 9.45. The number of nitrogens with zero attached hydrogens (tertiary/aromatic N) is 1. The minimum atomic E-state index is -0.372. The van der Waals surface area contributed by atoms with Crippen molar-refractivity contribution >= 4 is 30.6 Å². The summed E-state index contributed by atoms with van der Waals surface area (Å²) in [6, 6.07) is 6.02. The lowest BCUT2D eigenvalue weighted by atomic mass is 9.88. The number of nitrogens with one attached hydrogen (secondary N) is 1. The quantitative estimate of drug-likeness (QED) is 0.878. The van der Waals surface area contributed by atoms with E-state index < -0.39 is 0 Å². The molecular weight excluding hydrogens is 347 g/mol. The third-order valence-electron chi connectivity index (χ3n) is 4.81. The van der Waals surface area contributed by atoms with E-state index in [4.69, 9.17) is 4.74 Å². The van der Waals surface area contributed by atoms with Crippen LogP contribution in [0.2, 0.25) is 0 Å². The van der Waals surface area contributed by atoms with Crippen molar-refractivity contribution in [2.24, 2.45) is 0 Å². The topological polar surface area (TPSA) is 41.6 Å². The number of hydrogen-bond acceptors (Lipinski definition) is 4. The SMILES string of the molecule is CCc1ccc2c(c1)C(=O)CC(C)(CCN1CCNCC1)O2.Cl.Cl. The zero-order valence-corrected chi connectivity index (χ0v) is 16.1. The first-order valence-corrected chi connectivity index (χ1v) is 8.38. The van der Waals surface area contributed by atoms with Crippen molar-refractivity contribution in [3.8, 4) is 5.75 Å². The molecule has 0 radical (unpaired) electrons. The summed E-state index contributed by atoms with van der Waals surface area (Å²) >= 11 is 0. The molecule has 4 nitrogen and oxygen atoms in total. The van der Waals surface area contributed by atoms with Crippen molar-refractivity contribution < 1.29 is 9.53 Å². The lowest BCUT2D eigenvalue weighted by Crippen LogP contribution is -2.47. The van der Waals surface area contributed by atoms with Gasteiger partial charge >= 0.3 is 0 Å². The van der Waals surface area contributed by atoms with Crippen molar-refractivity contribution in [2.45, 2.75) is 38.7 Å². The highest BCUT2D eigenvalue weighted by Gasteiger charge is 2.36. The first-order valence-electron chi connectivity index (χ1n) is 8.38. The lowest BCUT2D eigenvalue weighted by molar-refractivity contribution is 0.0387. The summed E-state index contributed by atoms with van der Waals surface area (Å²) in [7, 11) is 0. The fourth-order valence-corrected chi connectivity index (χ4v) is 3.31. The number of hydrogen-bond donors (Lipinski definition) is 1. The Morgan fingerprint density at radius 1 is 1.25 bits per heavy atom. The van der Waals surface area contributed by atoms with Crippen LogP contribution in [-0.4, -0.2) is 49.0 Å². The van der Waals surface area contributed by atoms with Gasteiger partial charge in [0.15, 0.2) is 5.78 Å². The molecule has 0 saturated carbocycles. The second-order valence-corrected chi connectivity index (χ2v) is 6.68. The van der Waals surface area contributed by atoms with Gasteiger partial charge in [0.25, 0.3) is 0 Å². The van der Waals surface area contributed by atoms with Crippen LogP contribution < -0.4 is 10.1 Å². The van der Waals surface area contributed by atoms with Crippen molar-refractivity contribution in [3.63, 3.8) is 0 Å². The third-order valence-corrected chi connectivity index (χ3v) is 4.81. The van der Waals surface area contributed by atoms with E-state index in [2.05, 4.69) is 30.1 Å². The van der Waals surface area contributed by atoms with Crippen molar-refractivity contribution in [3.05, 3.63) is 29.3 Å². The molecule has 1 fully saturated rings. The standard InChI is InChI=1S/C18H26N2O2.2ClH/c1-3-14-4-5-17-15(12-14)16(21)13-18(2,22-17)6-9-20-10-7-19-8-11-20;;/h4-5,12,19H,3,6-11,13H2,1-2H3;2*1H. The number of rotatable bonds is 4. The summed E-state index contributed by atoms with van der Waals surface area (Å²) in [5.74, 6) is 0.982. The van der Waals surface area contributed by atoms with Crippen molar-refractivity contribution in [2.75, 3.05) is 32.7 Å². The monoisotopic (exact) mass is 374 g/mol. The first-order chi connectivity index (χ1) is 10.6. The van der Waals surface area contributed by atoms with Crippen LogP contribution in [-0.2, 0) is 6.42 Å². The smallest absolute Gasteiger partial charge is 0.170 e. The average molecular weight is 375 g/mol. The summed E-state index contributed by atoms with van der Waals surface area (Å²) in [6.07, 6.45) is 2.33. The van der Waals surface area contributed by atoms with E-state index in [9.17, 15) is 4.79 Å². The van der Waals surface area contributed by atoms with E-state index in [1.807, 2.05) is 12.1 Å². The number of aryl methyl sites for hydroxylation is 1. The van der Waals surface area contributed by atoms with Crippen LogP contribution in [0.25, 0.3) is 0 Å². The van der Waals surface area contributed by atoms with Gasteiger partial charge in [-0.1, -0.05) is 13.0 Å². The van der Waals surface area contributed by atoms with Gasteiger partial charge < -0.3 is 15.0 Å². The molecule has 2 aliphatic heterocycles. The Hall–Kier alpha value is -0.810. The maximum atomic E-state index is 12.5. The molecule has 2 aliphatic rings. The van der Waals surface area contributed by atoms with Crippen LogP contribution >= 0.6 is 24.8 Å². The van der Waals surface area contributed by atoms with E-state index in [0.29, 0.717) is 6.42 Å². The highest BCUT2D eigenvalue weighted by atomic mass is 35.5. The molecule has 0 aromatic heterocycles. The lowest BCUT2D eigenvalue weighted by Gasteiger charge is -2.37. The molecule has 0 aliphatic carbocycles. The molecular formula is C18H28Cl2N2O2. The predicted molar refractivity (Wildman–Crippen MR) is 102 cm³/mol. The fraction of sp³-hybridized carbons (Fsp3) is 0.611. The number of carbonyl (C=O) groups excluding carboxylic acids is 1.